The molecule has 1 aliphatic carbocycles. The molecule has 1 spiro atoms. The average molecular weight is 612 g/mol. The second kappa shape index (κ2) is 12.3. The van der Waals surface area contributed by atoms with Gasteiger partial charge in [-0.2, -0.15) is 0 Å². The van der Waals surface area contributed by atoms with Gasteiger partial charge < -0.3 is 15.4 Å². The smallest absolute Gasteiger partial charge is 0.242 e. The van der Waals surface area contributed by atoms with E-state index in [1.54, 1.807) is 6.92 Å². The molecule has 0 saturated heterocycles. The van der Waals surface area contributed by atoms with Gasteiger partial charge in [0.05, 0.1) is 28.6 Å². The third-order valence-electron chi connectivity index (χ3n) is 7.61. The minimum Gasteiger partial charge on any atom is -0.375 e. The van der Waals surface area contributed by atoms with Crippen LogP contribution in [0.5, 0.6) is 0 Å². The third-order valence-corrected chi connectivity index (χ3v) is 10.4. The van der Waals surface area contributed by atoms with Gasteiger partial charge in [0.15, 0.2) is 21.5 Å². The van der Waals surface area contributed by atoms with Crippen LogP contribution in [0.4, 0.5) is 8.78 Å². The second-order valence-corrected chi connectivity index (χ2v) is 14.2. The number of amides is 1. The van der Waals surface area contributed by atoms with Gasteiger partial charge in [0.1, 0.15) is 6.04 Å². The van der Waals surface area contributed by atoms with Crippen molar-refractivity contribution in [1.29, 1.82) is 0 Å². The Morgan fingerprint density at radius 3 is 2.34 bits per heavy atom. The Morgan fingerprint density at radius 2 is 1.76 bits per heavy atom. The first-order valence-electron chi connectivity index (χ1n) is 13.4. The fourth-order valence-electron chi connectivity index (χ4n) is 5.49. The molecule has 1 atom stereocenters. The topological polar surface area (TPSA) is 136 Å². The highest BCUT2D eigenvalue weighted by Crippen LogP contribution is 2.46. The van der Waals surface area contributed by atoms with Gasteiger partial charge in [0, 0.05) is 19.3 Å². The van der Waals surface area contributed by atoms with Crippen molar-refractivity contribution in [1.82, 2.24) is 9.62 Å². The van der Waals surface area contributed by atoms with E-state index in [-0.39, 0.29) is 36.1 Å². The summed E-state index contributed by atoms with van der Waals surface area (Å²) >= 11 is 0. The van der Waals surface area contributed by atoms with Crippen LogP contribution in [0.25, 0.3) is 4.91 Å². The van der Waals surface area contributed by atoms with E-state index in [2.05, 4.69) is 4.72 Å². The number of nitrogens with one attached hydrogen (secondary N) is 1. The van der Waals surface area contributed by atoms with Crippen LogP contribution in [0, 0.1) is 11.6 Å². The number of ether oxygens (including phenoxy) is 1. The minimum absolute atomic E-state index is 0.00159. The molecule has 4 rings (SSSR count). The van der Waals surface area contributed by atoms with Gasteiger partial charge in [-0.1, -0.05) is 37.5 Å². The Hall–Kier alpha value is -2.71. The predicted octanol–water partition coefficient (Wildman–Crippen LogP) is 3.11. The third kappa shape index (κ3) is 6.86. The maximum absolute atomic E-state index is 13.5. The van der Waals surface area contributed by atoms with Gasteiger partial charge >= 0.3 is 0 Å². The number of sulfone groups is 1. The van der Waals surface area contributed by atoms with Crippen LogP contribution >= 0.6 is 0 Å². The molecule has 1 amide bonds. The Labute approximate surface area is 239 Å². The van der Waals surface area contributed by atoms with Crippen LogP contribution in [-0.4, -0.2) is 65.2 Å². The van der Waals surface area contributed by atoms with E-state index in [1.165, 1.54) is 35.2 Å². The van der Waals surface area contributed by atoms with E-state index in [0.717, 1.165) is 37.7 Å². The Bertz CT molecular complexity index is 1540. The van der Waals surface area contributed by atoms with Crippen molar-refractivity contribution in [2.45, 2.75) is 62.1 Å². The Balaban J connectivity index is 1.60. The summed E-state index contributed by atoms with van der Waals surface area (Å²) in [5.41, 5.74) is 6.57. The molecule has 2 aliphatic rings. The lowest BCUT2D eigenvalue weighted by molar-refractivity contribution is -0.133. The van der Waals surface area contributed by atoms with Crippen molar-refractivity contribution in [2.75, 3.05) is 26.0 Å². The molecule has 13 heteroatoms. The summed E-state index contributed by atoms with van der Waals surface area (Å²) < 4.78 is 86.0. The van der Waals surface area contributed by atoms with Gasteiger partial charge in [0.2, 0.25) is 15.9 Å². The lowest BCUT2D eigenvalue weighted by Gasteiger charge is -2.37. The van der Waals surface area contributed by atoms with Gasteiger partial charge in [-0.15, -0.1) is 0 Å². The first kappa shape index (κ1) is 31.2. The zero-order chi connectivity index (χ0) is 30.0. The fourth-order valence-corrected chi connectivity index (χ4v) is 8.09. The molecule has 0 radical (unpaired) electrons. The second-order valence-electron chi connectivity index (χ2n) is 10.6. The number of halogens is 2. The molecular formula is C28H35F2N3O6S2. The highest BCUT2D eigenvalue weighted by Gasteiger charge is 2.49. The molecule has 9 nitrogen and oxygen atoms in total. The lowest BCUT2D eigenvalue weighted by atomic mass is 9.76. The van der Waals surface area contributed by atoms with E-state index in [9.17, 15) is 30.4 Å². The molecule has 224 valence electrons. The van der Waals surface area contributed by atoms with Crippen LogP contribution in [0.2, 0.25) is 0 Å². The highest BCUT2D eigenvalue weighted by atomic mass is 32.2. The van der Waals surface area contributed by atoms with Crippen LogP contribution in [0.3, 0.4) is 0 Å². The summed E-state index contributed by atoms with van der Waals surface area (Å²) in [6.45, 7) is 1.75. The fraction of sp³-hybridized carbons (Fsp3) is 0.464. The van der Waals surface area contributed by atoms with Crippen LogP contribution < -0.4 is 10.5 Å². The van der Waals surface area contributed by atoms with E-state index >= 15 is 0 Å². The largest absolute Gasteiger partial charge is 0.375 e. The normalized spacial score (nSPS) is 19.0. The molecule has 3 N–H and O–H groups in total. The molecule has 0 unspecified atom stereocenters. The Morgan fingerprint density at radius 1 is 1.10 bits per heavy atom. The number of nitrogens with zero attached hydrogens (tertiary/aromatic N) is 1. The molecule has 1 saturated carbocycles. The highest BCUT2D eigenvalue weighted by molar-refractivity contribution is 7.99. The summed E-state index contributed by atoms with van der Waals surface area (Å²) in [7, 11) is -7.45. The van der Waals surface area contributed by atoms with E-state index in [0.29, 0.717) is 29.5 Å². The van der Waals surface area contributed by atoms with E-state index in [1.807, 2.05) is 0 Å². The van der Waals surface area contributed by atoms with Crippen molar-refractivity contribution in [3.05, 3.63) is 70.8 Å². The van der Waals surface area contributed by atoms with Crippen molar-refractivity contribution in [2.24, 2.45) is 5.73 Å². The number of nitrogens with two attached hydrogens (primary N) is 1. The minimum atomic E-state index is -3.97. The maximum Gasteiger partial charge on any atom is 0.242 e. The van der Waals surface area contributed by atoms with Crippen molar-refractivity contribution in [3.63, 3.8) is 0 Å². The van der Waals surface area contributed by atoms with Gasteiger partial charge in [-0.05, 0) is 60.7 Å². The zero-order valence-corrected chi connectivity index (χ0v) is 24.7. The summed E-state index contributed by atoms with van der Waals surface area (Å²) in [4.78, 5) is 15.0. The van der Waals surface area contributed by atoms with Gasteiger partial charge in [-0.25, -0.2) is 30.3 Å². The molecule has 2 aromatic rings. The number of rotatable bonds is 10. The molecule has 1 fully saturated rings. The number of carbonyl (C=O) groups excluding carboxylic acids is 1. The number of benzene rings is 2. The van der Waals surface area contributed by atoms with Crippen LogP contribution in [0.1, 0.15) is 50.2 Å². The first-order chi connectivity index (χ1) is 19.3. The number of carbonyl (C=O) groups is 1. The number of hydrogen-bond acceptors (Lipinski definition) is 7. The van der Waals surface area contributed by atoms with E-state index < -0.39 is 49.0 Å². The van der Waals surface area contributed by atoms with Crippen molar-refractivity contribution >= 4 is 30.7 Å². The quantitative estimate of drug-likeness (QED) is 0.422. The zero-order valence-electron chi connectivity index (χ0n) is 23.0. The summed E-state index contributed by atoms with van der Waals surface area (Å²) in [5, 5.41) is 0. The number of likely N-dealkylation sites (N-methyl/N-ethyl adjacent to an activating group) is 1. The van der Waals surface area contributed by atoms with Crippen LogP contribution in [-0.2, 0) is 36.0 Å². The molecular weight excluding hydrogens is 576 g/mol. The molecule has 41 heavy (non-hydrogen) atoms. The summed E-state index contributed by atoms with van der Waals surface area (Å²) in [5.74, 6) is -2.43. The first-order valence-corrected chi connectivity index (χ1v) is 16.8. The summed E-state index contributed by atoms with van der Waals surface area (Å²) in [6, 6.07) is 7.99. The summed E-state index contributed by atoms with van der Waals surface area (Å²) in [6.07, 6.45) is 4.80. The Kier molecular flexibility index (Phi) is 9.34. The van der Waals surface area contributed by atoms with Gasteiger partial charge in [-0.3, -0.25) is 4.79 Å². The van der Waals surface area contributed by atoms with Crippen molar-refractivity contribution in [3.8, 4) is 0 Å². The molecule has 1 heterocycles. The molecule has 0 bridgehead atoms. The number of hydrogen-bond donors (Lipinski definition) is 2. The van der Waals surface area contributed by atoms with Crippen molar-refractivity contribution < 1.29 is 35.1 Å². The SMILES string of the molecule is CCN(CC1=C(c2ccc(S(C)(=O)=O)cc2)S(=O)(=O)NC12CCCCC2)C(=O)[C@H](N)COCc1ccc(F)c(F)c1. The lowest BCUT2D eigenvalue weighted by Crippen LogP contribution is -2.51. The number of sulfonamides is 1. The molecule has 1 aliphatic heterocycles. The van der Waals surface area contributed by atoms with Gasteiger partial charge in [0.25, 0.3) is 0 Å². The molecule has 0 aromatic heterocycles. The molecule has 2 aromatic carbocycles. The maximum atomic E-state index is 13.5. The average Bonchev–Trinajstić information content (AvgIpc) is 3.13. The van der Waals surface area contributed by atoms with E-state index in [4.69, 9.17) is 10.5 Å². The monoisotopic (exact) mass is 611 g/mol. The standard InChI is InChI=1S/C28H35F2N3O6S2/c1-3-33(27(34)25(31)18-39-17-19-7-12-23(29)24(30)15-19)16-22-26(20-8-10-21(11-9-20)40(2,35)36)41(37,38)32-28(22)13-5-4-6-14-28/h7-12,15,25,32H,3-6,13-14,16-18,31H2,1-2H3/t25-/m1/s1. The van der Waals surface area contributed by atoms with Crippen LogP contribution in [0.15, 0.2) is 52.9 Å². The predicted molar refractivity (Wildman–Crippen MR) is 151 cm³/mol.